The zero-order valence-corrected chi connectivity index (χ0v) is 27.0. The number of rotatable bonds is 6. The second-order valence-electron chi connectivity index (χ2n) is 10.1. The summed E-state index contributed by atoms with van der Waals surface area (Å²) in [5, 5.41) is 8.71. The molecule has 6 aromatic carbocycles. The Morgan fingerprint density at radius 2 is 0.634 bits per heavy atom. The first-order valence-electron chi connectivity index (χ1n) is 13.8. The van der Waals surface area contributed by atoms with Gasteiger partial charge in [-0.2, -0.15) is 24.3 Å². The van der Waals surface area contributed by atoms with Gasteiger partial charge in [0.05, 0.1) is 0 Å². The van der Waals surface area contributed by atoms with Crippen molar-refractivity contribution >= 4 is 47.7 Å². The fraction of sp³-hybridized carbons (Fsp3) is 0.105. The monoisotopic (exact) mass is 610 g/mol. The van der Waals surface area contributed by atoms with E-state index in [9.17, 15) is 0 Å². The first kappa shape index (κ1) is 30.9. The van der Waals surface area contributed by atoms with Crippen molar-refractivity contribution in [2.45, 2.75) is 27.7 Å². The van der Waals surface area contributed by atoms with Crippen molar-refractivity contribution in [2.24, 2.45) is 0 Å². The van der Waals surface area contributed by atoms with Gasteiger partial charge < -0.3 is 0 Å². The molecule has 0 unspecified atom stereocenters. The second-order valence-corrected chi connectivity index (χ2v) is 14.4. The summed E-state index contributed by atoms with van der Waals surface area (Å²) < 4.78 is 0. The molecule has 0 spiro atoms. The molecule has 0 aromatic heterocycles. The topological polar surface area (TPSA) is 0 Å². The van der Waals surface area contributed by atoms with Gasteiger partial charge in [-0.05, 0) is 87.0 Å². The Balaban J connectivity index is 0.000000184. The number of hydrogen-bond acceptors (Lipinski definition) is 0. The van der Waals surface area contributed by atoms with E-state index in [2.05, 4.69) is 173 Å². The van der Waals surface area contributed by atoms with Crippen LogP contribution in [0.4, 0.5) is 0 Å². The fourth-order valence-corrected chi connectivity index (χ4v) is 10.3. The Morgan fingerprint density at radius 1 is 0.366 bits per heavy atom. The van der Waals surface area contributed by atoms with Gasteiger partial charge in [0.15, 0.2) is 0 Å². The average Bonchev–Trinajstić information content (AvgIpc) is 3.69. The SMILES string of the molecule is Cc1ccccc1P(c1ccc[cH-]1)c1ccccc1C.Cc1ccccc1P(c1ccc[cH-]1)c1ccccc1C.[Fe+2]. The maximum atomic E-state index is 2.28. The van der Waals surface area contributed by atoms with Crippen LogP contribution in [-0.2, 0) is 17.1 Å². The molecule has 0 saturated carbocycles. The molecule has 0 heterocycles. The van der Waals surface area contributed by atoms with Crippen molar-refractivity contribution in [1.82, 2.24) is 0 Å². The van der Waals surface area contributed by atoms with Crippen molar-refractivity contribution in [3.8, 4) is 0 Å². The largest absolute Gasteiger partial charge is 2.00 e. The van der Waals surface area contributed by atoms with Crippen molar-refractivity contribution in [1.29, 1.82) is 0 Å². The summed E-state index contributed by atoms with van der Waals surface area (Å²) in [6.07, 6.45) is 0. The fourth-order valence-electron chi connectivity index (χ4n) is 5.10. The van der Waals surface area contributed by atoms with Gasteiger partial charge in [0.2, 0.25) is 0 Å². The van der Waals surface area contributed by atoms with E-state index in [0.29, 0.717) is 0 Å². The van der Waals surface area contributed by atoms with Crippen LogP contribution in [0.25, 0.3) is 0 Å². The van der Waals surface area contributed by atoms with Gasteiger partial charge in [-0.15, -0.1) is 10.6 Å². The van der Waals surface area contributed by atoms with E-state index in [1.165, 1.54) is 54.1 Å². The smallest absolute Gasteiger partial charge is 0.213 e. The van der Waals surface area contributed by atoms with Crippen LogP contribution < -0.4 is 31.8 Å². The zero-order valence-electron chi connectivity index (χ0n) is 24.1. The van der Waals surface area contributed by atoms with Crippen LogP contribution >= 0.6 is 15.8 Å². The van der Waals surface area contributed by atoms with Crippen LogP contribution in [0.1, 0.15) is 22.3 Å². The first-order chi connectivity index (χ1) is 19.5. The van der Waals surface area contributed by atoms with E-state index in [4.69, 9.17) is 0 Å². The molecule has 0 atom stereocenters. The van der Waals surface area contributed by atoms with E-state index in [0.717, 1.165) is 0 Å². The molecule has 0 radical (unpaired) electrons. The molecule has 0 fully saturated rings. The van der Waals surface area contributed by atoms with Gasteiger partial charge >= 0.3 is 17.1 Å². The normalized spacial score (nSPS) is 10.7. The number of benzene rings is 4. The predicted octanol–water partition coefficient (Wildman–Crippen LogP) is 7.56. The molecule has 0 aliphatic carbocycles. The predicted molar refractivity (Wildman–Crippen MR) is 180 cm³/mol. The molecule has 3 heteroatoms. The second kappa shape index (κ2) is 14.7. The van der Waals surface area contributed by atoms with Crippen LogP contribution in [0, 0.1) is 27.7 Å². The third kappa shape index (κ3) is 7.25. The summed E-state index contributed by atoms with van der Waals surface area (Å²) in [7, 11) is -0.901. The molecule has 0 nitrogen and oxygen atoms in total. The van der Waals surface area contributed by atoms with Crippen molar-refractivity contribution in [3.63, 3.8) is 0 Å². The molecular weight excluding hydrogens is 574 g/mol. The quantitative estimate of drug-likeness (QED) is 0.104. The van der Waals surface area contributed by atoms with Crippen LogP contribution in [-0.4, -0.2) is 0 Å². The van der Waals surface area contributed by atoms with E-state index >= 15 is 0 Å². The minimum atomic E-state index is -0.451. The minimum Gasteiger partial charge on any atom is -0.213 e. The van der Waals surface area contributed by atoms with Gasteiger partial charge in [0.25, 0.3) is 0 Å². The average molecular weight is 610 g/mol. The Hall–Kier alpha value is -3.04. The van der Waals surface area contributed by atoms with E-state index in [1.807, 2.05) is 0 Å². The molecule has 0 aliphatic heterocycles. The Morgan fingerprint density at radius 3 is 0.854 bits per heavy atom. The molecule has 6 aromatic rings. The maximum absolute atomic E-state index is 2.28. The molecule has 206 valence electrons. The van der Waals surface area contributed by atoms with Crippen LogP contribution in [0.2, 0.25) is 0 Å². The Kier molecular flexibility index (Phi) is 11.1. The third-order valence-corrected chi connectivity index (χ3v) is 12.8. The van der Waals surface area contributed by atoms with Gasteiger partial charge in [-0.1, -0.05) is 97.1 Å². The summed E-state index contributed by atoms with van der Waals surface area (Å²) in [6, 6.07) is 52.6. The van der Waals surface area contributed by atoms with Gasteiger partial charge in [-0.25, -0.2) is 24.3 Å². The van der Waals surface area contributed by atoms with Gasteiger partial charge in [-0.3, -0.25) is 0 Å². The zero-order chi connectivity index (χ0) is 27.9. The minimum absolute atomic E-state index is 0. The molecule has 0 N–H and O–H groups in total. The summed E-state index contributed by atoms with van der Waals surface area (Å²) in [5.41, 5.74) is 5.51. The van der Waals surface area contributed by atoms with E-state index in [1.54, 1.807) is 0 Å². The van der Waals surface area contributed by atoms with Crippen LogP contribution in [0.3, 0.4) is 0 Å². The van der Waals surface area contributed by atoms with Gasteiger partial charge in [0, 0.05) is 0 Å². The standard InChI is InChI=1S/2C19H18P.Fe/c2*1-15-9-3-7-13-18(15)20(17-11-5-6-12-17)19-14-8-4-10-16(19)2;/h2*3-14H,1-2H3;/q2*-1;+2. The summed E-state index contributed by atoms with van der Waals surface area (Å²) in [6.45, 7) is 8.86. The summed E-state index contributed by atoms with van der Waals surface area (Å²) >= 11 is 0. The van der Waals surface area contributed by atoms with Crippen molar-refractivity contribution in [2.75, 3.05) is 0 Å². The van der Waals surface area contributed by atoms with E-state index in [-0.39, 0.29) is 17.1 Å². The summed E-state index contributed by atoms with van der Waals surface area (Å²) in [4.78, 5) is 0. The maximum Gasteiger partial charge on any atom is 2.00 e. The van der Waals surface area contributed by atoms with Gasteiger partial charge in [0.1, 0.15) is 0 Å². The number of hydrogen-bond donors (Lipinski definition) is 0. The molecule has 0 aliphatic rings. The van der Waals surface area contributed by atoms with Crippen LogP contribution in [0.5, 0.6) is 0 Å². The Labute approximate surface area is 259 Å². The molecule has 6 rings (SSSR count). The van der Waals surface area contributed by atoms with E-state index < -0.39 is 15.8 Å². The first-order valence-corrected chi connectivity index (χ1v) is 16.5. The van der Waals surface area contributed by atoms with Crippen LogP contribution in [0.15, 0.2) is 146 Å². The third-order valence-electron chi connectivity index (χ3n) is 7.23. The Bertz CT molecular complexity index is 1430. The molecular formula is C38H36FeP2. The molecule has 41 heavy (non-hydrogen) atoms. The molecule has 0 bridgehead atoms. The van der Waals surface area contributed by atoms with Crippen molar-refractivity contribution < 1.29 is 17.1 Å². The molecule has 0 saturated heterocycles. The number of aryl methyl sites for hydroxylation is 4. The summed E-state index contributed by atoms with van der Waals surface area (Å²) in [5.74, 6) is 0. The molecule has 0 amide bonds. The van der Waals surface area contributed by atoms with Crippen molar-refractivity contribution in [3.05, 3.63) is 168 Å².